The predicted octanol–water partition coefficient (Wildman–Crippen LogP) is 1.13. The van der Waals surface area contributed by atoms with Gasteiger partial charge in [-0.05, 0) is 12.5 Å². The van der Waals surface area contributed by atoms with Gasteiger partial charge in [-0.25, -0.2) is 0 Å². The van der Waals surface area contributed by atoms with E-state index in [0.29, 0.717) is 30.1 Å². The summed E-state index contributed by atoms with van der Waals surface area (Å²) in [6, 6.07) is 2.60. The van der Waals surface area contributed by atoms with Gasteiger partial charge in [0.1, 0.15) is 0 Å². The van der Waals surface area contributed by atoms with Gasteiger partial charge < -0.3 is 19.9 Å². The largest absolute Gasteiger partial charge is 0.493 e. The maximum atomic E-state index is 11.1. The predicted molar refractivity (Wildman–Crippen MR) is 69.8 cm³/mol. The lowest BCUT2D eigenvalue weighted by Gasteiger charge is -2.13. The SMILES string of the molecule is COCC(N)Cc1cc(OC)c(OC)cc1[N+](=O)[O-]. The third-order valence-corrected chi connectivity index (χ3v) is 2.64. The normalized spacial score (nSPS) is 12.0. The number of benzene rings is 1. The van der Waals surface area contributed by atoms with E-state index in [2.05, 4.69) is 0 Å². The summed E-state index contributed by atoms with van der Waals surface area (Å²) in [5.74, 6) is 0.756. The molecular formula is C12H18N2O5. The molecule has 1 atom stereocenters. The van der Waals surface area contributed by atoms with Gasteiger partial charge >= 0.3 is 0 Å². The Morgan fingerprint density at radius 2 is 1.84 bits per heavy atom. The maximum absolute atomic E-state index is 11.1. The highest BCUT2D eigenvalue weighted by atomic mass is 16.6. The zero-order chi connectivity index (χ0) is 14.4. The molecule has 1 aromatic rings. The maximum Gasteiger partial charge on any atom is 0.276 e. The summed E-state index contributed by atoms with van der Waals surface area (Å²) in [6.45, 7) is 0.325. The number of hydrogen-bond donors (Lipinski definition) is 1. The summed E-state index contributed by atoms with van der Waals surface area (Å²) in [7, 11) is 4.43. The number of nitro benzene ring substituents is 1. The van der Waals surface area contributed by atoms with Crippen LogP contribution in [0.3, 0.4) is 0 Å². The molecule has 2 N–H and O–H groups in total. The van der Waals surface area contributed by atoms with Crippen LogP contribution in [0.5, 0.6) is 11.5 Å². The number of hydrogen-bond acceptors (Lipinski definition) is 6. The van der Waals surface area contributed by atoms with E-state index < -0.39 is 4.92 Å². The smallest absolute Gasteiger partial charge is 0.276 e. The summed E-state index contributed by atoms with van der Waals surface area (Å²) < 4.78 is 15.1. The van der Waals surface area contributed by atoms with Crippen LogP contribution in [0.2, 0.25) is 0 Å². The zero-order valence-corrected chi connectivity index (χ0v) is 11.2. The van der Waals surface area contributed by atoms with Crippen molar-refractivity contribution in [1.29, 1.82) is 0 Å². The highest BCUT2D eigenvalue weighted by Gasteiger charge is 2.21. The topological polar surface area (TPSA) is 96.9 Å². The van der Waals surface area contributed by atoms with Crippen LogP contribution < -0.4 is 15.2 Å². The molecule has 0 amide bonds. The Bertz CT molecular complexity index is 450. The standard InChI is InChI=1S/C12H18N2O5/c1-17-7-9(13)4-8-5-11(18-2)12(19-3)6-10(8)14(15)16/h5-6,9H,4,7,13H2,1-3H3. The van der Waals surface area contributed by atoms with E-state index in [1.54, 1.807) is 6.07 Å². The Labute approximate surface area is 111 Å². The molecule has 1 rings (SSSR count). The zero-order valence-electron chi connectivity index (χ0n) is 11.2. The second-order valence-electron chi connectivity index (χ2n) is 4.01. The van der Waals surface area contributed by atoms with E-state index >= 15 is 0 Å². The lowest BCUT2D eigenvalue weighted by Crippen LogP contribution is -2.28. The molecule has 1 unspecified atom stereocenters. The molecule has 0 heterocycles. The Balaban J connectivity index is 3.16. The first kappa shape index (κ1) is 15.2. The van der Waals surface area contributed by atoms with Gasteiger partial charge in [0.15, 0.2) is 11.5 Å². The Kier molecular flexibility index (Phi) is 5.53. The van der Waals surface area contributed by atoms with E-state index in [0.717, 1.165) is 0 Å². The van der Waals surface area contributed by atoms with E-state index in [4.69, 9.17) is 19.9 Å². The highest BCUT2D eigenvalue weighted by Crippen LogP contribution is 2.34. The molecule has 0 bridgehead atoms. The number of nitrogens with two attached hydrogens (primary N) is 1. The minimum atomic E-state index is -0.461. The van der Waals surface area contributed by atoms with Gasteiger partial charge in [0, 0.05) is 18.7 Å². The molecule has 7 nitrogen and oxygen atoms in total. The molecule has 0 aliphatic rings. The number of nitro groups is 1. The van der Waals surface area contributed by atoms with Gasteiger partial charge in [-0.3, -0.25) is 10.1 Å². The number of nitrogens with zero attached hydrogens (tertiary/aromatic N) is 1. The average molecular weight is 270 g/mol. The third-order valence-electron chi connectivity index (χ3n) is 2.64. The molecule has 106 valence electrons. The van der Waals surface area contributed by atoms with E-state index in [1.807, 2.05) is 0 Å². The van der Waals surface area contributed by atoms with Crippen LogP contribution in [0.15, 0.2) is 12.1 Å². The average Bonchev–Trinajstić information content (AvgIpc) is 2.38. The summed E-state index contributed by atoms with van der Waals surface area (Å²) in [5, 5.41) is 11.1. The van der Waals surface area contributed by atoms with Crippen LogP contribution in [0.4, 0.5) is 5.69 Å². The Morgan fingerprint density at radius 3 is 2.32 bits per heavy atom. The van der Waals surface area contributed by atoms with Gasteiger partial charge in [-0.1, -0.05) is 0 Å². The lowest BCUT2D eigenvalue weighted by molar-refractivity contribution is -0.385. The molecule has 0 aromatic heterocycles. The molecular weight excluding hydrogens is 252 g/mol. The van der Waals surface area contributed by atoms with E-state index in [9.17, 15) is 10.1 Å². The number of methoxy groups -OCH3 is 3. The van der Waals surface area contributed by atoms with E-state index in [-0.39, 0.29) is 11.7 Å². The van der Waals surface area contributed by atoms with Gasteiger partial charge in [-0.15, -0.1) is 0 Å². The molecule has 0 saturated carbocycles. The Morgan fingerprint density at radius 1 is 1.26 bits per heavy atom. The fourth-order valence-electron chi connectivity index (χ4n) is 1.80. The number of rotatable bonds is 7. The van der Waals surface area contributed by atoms with Crippen molar-refractivity contribution < 1.29 is 19.1 Å². The number of ether oxygens (including phenoxy) is 3. The summed E-state index contributed by atoms with van der Waals surface area (Å²) in [6.07, 6.45) is 0.324. The van der Waals surface area contributed by atoms with Gasteiger partial charge in [0.25, 0.3) is 5.69 Å². The molecule has 0 aliphatic carbocycles. The molecule has 0 radical (unpaired) electrons. The Hall–Kier alpha value is -1.86. The minimum Gasteiger partial charge on any atom is -0.493 e. The molecule has 7 heteroatoms. The van der Waals surface area contributed by atoms with Gasteiger partial charge in [0.05, 0.1) is 31.8 Å². The first-order valence-corrected chi connectivity index (χ1v) is 5.67. The van der Waals surface area contributed by atoms with Gasteiger partial charge in [0.2, 0.25) is 0 Å². The quantitative estimate of drug-likeness (QED) is 0.589. The van der Waals surface area contributed by atoms with Crippen LogP contribution in [0, 0.1) is 10.1 Å². The van der Waals surface area contributed by atoms with Crippen molar-refractivity contribution in [1.82, 2.24) is 0 Å². The summed E-state index contributed by atoms with van der Waals surface area (Å²) in [4.78, 5) is 10.6. The second kappa shape index (κ2) is 6.91. The first-order chi connectivity index (χ1) is 9.03. The molecule has 0 saturated heterocycles. The van der Waals surface area contributed by atoms with Crippen molar-refractivity contribution in [3.8, 4) is 11.5 Å². The van der Waals surface area contributed by atoms with Crippen LogP contribution in [0.25, 0.3) is 0 Å². The highest BCUT2D eigenvalue weighted by molar-refractivity contribution is 5.54. The van der Waals surface area contributed by atoms with Crippen molar-refractivity contribution in [2.24, 2.45) is 5.73 Å². The minimum absolute atomic E-state index is 0.0378. The van der Waals surface area contributed by atoms with Crippen molar-refractivity contribution in [2.45, 2.75) is 12.5 Å². The molecule has 19 heavy (non-hydrogen) atoms. The van der Waals surface area contributed by atoms with Crippen LogP contribution >= 0.6 is 0 Å². The van der Waals surface area contributed by atoms with Crippen LogP contribution in [-0.2, 0) is 11.2 Å². The lowest BCUT2D eigenvalue weighted by atomic mass is 10.0. The van der Waals surface area contributed by atoms with Gasteiger partial charge in [-0.2, -0.15) is 0 Å². The van der Waals surface area contributed by atoms with Crippen molar-refractivity contribution in [3.05, 3.63) is 27.8 Å². The molecule has 0 fully saturated rings. The fraction of sp³-hybridized carbons (Fsp3) is 0.500. The molecule has 0 spiro atoms. The van der Waals surface area contributed by atoms with Crippen molar-refractivity contribution in [2.75, 3.05) is 27.9 Å². The van der Waals surface area contributed by atoms with Crippen LogP contribution in [-0.4, -0.2) is 38.9 Å². The molecule has 0 aliphatic heterocycles. The van der Waals surface area contributed by atoms with Crippen LogP contribution in [0.1, 0.15) is 5.56 Å². The van der Waals surface area contributed by atoms with E-state index in [1.165, 1.54) is 27.4 Å². The first-order valence-electron chi connectivity index (χ1n) is 5.67. The fourth-order valence-corrected chi connectivity index (χ4v) is 1.80. The van der Waals surface area contributed by atoms with Crippen molar-refractivity contribution >= 4 is 5.69 Å². The third kappa shape index (κ3) is 3.80. The monoisotopic (exact) mass is 270 g/mol. The summed E-state index contributed by atoms with van der Waals surface area (Å²) in [5.41, 5.74) is 6.28. The summed E-state index contributed by atoms with van der Waals surface area (Å²) >= 11 is 0. The molecule has 1 aromatic carbocycles. The second-order valence-corrected chi connectivity index (χ2v) is 4.01. The van der Waals surface area contributed by atoms with Crippen molar-refractivity contribution in [3.63, 3.8) is 0 Å².